The van der Waals surface area contributed by atoms with Crippen molar-refractivity contribution in [2.75, 3.05) is 6.54 Å². The number of rotatable bonds is 5. The lowest BCUT2D eigenvalue weighted by atomic mass is 9.89. The summed E-state index contributed by atoms with van der Waals surface area (Å²) >= 11 is 0. The standard InChI is InChI=1S/C15H23N5O2/c1-6-9(2)15(5,22)8-16-13(21)12-18-14-17-10(3)7-11(4)20(14)19-12/h7,9,22H,6,8H2,1-5H3,(H,16,21). The van der Waals surface area contributed by atoms with Crippen LogP contribution in [0.1, 0.15) is 49.2 Å². The minimum Gasteiger partial charge on any atom is -0.388 e. The van der Waals surface area contributed by atoms with Crippen LogP contribution in [0.25, 0.3) is 5.78 Å². The van der Waals surface area contributed by atoms with Crippen LogP contribution in [0.3, 0.4) is 0 Å². The van der Waals surface area contributed by atoms with E-state index in [0.717, 1.165) is 17.8 Å². The molecule has 0 aliphatic carbocycles. The lowest BCUT2D eigenvalue weighted by Crippen LogP contribution is -2.45. The molecule has 1 amide bonds. The van der Waals surface area contributed by atoms with E-state index in [1.54, 1.807) is 6.92 Å². The molecule has 2 unspecified atom stereocenters. The Labute approximate surface area is 129 Å². The lowest BCUT2D eigenvalue weighted by Gasteiger charge is -2.29. The molecule has 0 aromatic carbocycles. The Kier molecular flexibility index (Phi) is 4.46. The van der Waals surface area contributed by atoms with E-state index in [2.05, 4.69) is 20.4 Å². The molecule has 2 rings (SSSR count). The Morgan fingerprint density at radius 1 is 1.45 bits per heavy atom. The molecule has 0 bridgehead atoms. The van der Waals surface area contributed by atoms with Gasteiger partial charge in [-0.05, 0) is 32.8 Å². The van der Waals surface area contributed by atoms with Gasteiger partial charge in [0.05, 0.1) is 5.60 Å². The summed E-state index contributed by atoms with van der Waals surface area (Å²) in [4.78, 5) is 20.6. The van der Waals surface area contributed by atoms with Crippen LogP contribution in [0, 0.1) is 19.8 Å². The van der Waals surface area contributed by atoms with E-state index in [1.165, 1.54) is 4.52 Å². The van der Waals surface area contributed by atoms with E-state index in [-0.39, 0.29) is 18.3 Å². The van der Waals surface area contributed by atoms with Crippen LogP contribution in [0.4, 0.5) is 0 Å². The second kappa shape index (κ2) is 6.00. The molecule has 0 saturated heterocycles. The smallest absolute Gasteiger partial charge is 0.291 e. The first-order valence-corrected chi connectivity index (χ1v) is 7.46. The Hall–Kier alpha value is -2.02. The van der Waals surface area contributed by atoms with E-state index in [4.69, 9.17) is 0 Å². The van der Waals surface area contributed by atoms with Crippen molar-refractivity contribution >= 4 is 11.7 Å². The summed E-state index contributed by atoms with van der Waals surface area (Å²) in [5.41, 5.74) is 0.721. The molecule has 0 fully saturated rings. The lowest BCUT2D eigenvalue weighted by molar-refractivity contribution is 0.00583. The van der Waals surface area contributed by atoms with E-state index < -0.39 is 11.5 Å². The number of fused-ring (bicyclic) bond motifs is 1. The molecule has 22 heavy (non-hydrogen) atoms. The number of aromatic nitrogens is 4. The highest BCUT2D eigenvalue weighted by molar-refractivity contribution is 5.90. The first-order valence-electron chi connectivity index (χ1n) is 7.46. The number of nitrogens with one attached hydrogen (secondary N) is 1. The fraction of sp³-hybridized carbons (Fsp3) is 0.600. The Bertz CT molecular complexity index is 693. The SMILES string of the molecule is CCC(C)C(C)(O)CNC(=O)c1nc2nc(C)cc(C)n2n1. The van der Waals surface area contributed by atoms with Crippen molar-refractivity contribution in [1.29, 1.82) is 0 Å². The summed E-state index contributed by atoms with van der Waals surface area (Å²) in [6, 6.07) is 1.87. The molecule has 0 saturated carbocycles. The summed E-state index contributed by atoms with van der Waals surface area (Å²) in [7, 11) is 0. The first kappa shape index (κ1) is 16.4. The first-order chi connectivity index (χ1) is 10.2. The number of aliphatic hydroxyl groups is 1. The van der Waals surface area contributed by atoms with Crippen LogP contribution >= 0.6 is 0 Å². The van der Waals surface area contributed by atoms with Gasteiger partial charge in [0.15, 0.2) is 0 Å². The topological polar surface area (TPSA) is 92.4 Å². The maximum Gasteiger partial charge on any atom is 0.291 e. The number of aryl methyl sites for hydroxylation is 2. The van der Waals surface area contributed by atoms with Gasteiger partial charge in [0.1, 0.15) is 0 Å². The van der Waals surface area contributed by atoms with Crippen LogP contribution in [0.2, 0.25) is 0 Å². The molecule has 7 heteroatoms. The average molecular weight is 305 g/mol. The molecule has 2 aromatic rings. The van der Waals surface area contributed by atoms with Gasteiger partial charge in [-0.15, -0.1) is 5.10 Å². The van der Waals surface area contributed by atoms with E-state index in [1.807, 2.05) is 33.8 Å². The number of hydrogen-bond donors (Lipinski definition) is 2. The van der Waals surface area contributed by atoms with Crippen LogP contribution < -0.4 is 5.32 Å². The number of carbonyl (C=O) groups excluding carboxylic acids is 1. The van der Waals surface area contributed by atoms with E-state index >= 15 is 0 Å². The molecule has 0 radical (unpaired) electrons. The van der Waals surface area contributed by atoms with Gasteiger partial charge in [0, 0.05) is 17.9 Å². The van der Waals surface area contributed by atoms with Crippen LogP contribution in [0.5, 0.6) is 0 Å². The van der Waals surface area contributed by atoms with Gasteiger partial charge in [-0.1, -0.05) is 20.3 Å². The minimum absolute atomic E-state index is 0.0566. The zero-order chi connectivity index (χ0) is 16.5. The number of hydrogen-bond acceptors (Lipinski definition) is 5. The molecule has 0 aliphatic heterocycles. The fourth-order valence-corrected chi connectivity index (χ4v) is 2.21. The summed E-state index contributed by atoms with van der Waals surface area (Å²) in [6.45, 7) is 9.57. The van der Waals surface area contributed by atoms with Crippen LogP contribution in [0.15, 0.2) is 6.07 Å². The van der Waals surface area contributed by atoms with Gasteiger partial charge in [-0.3, -0.25) is 4.79 Å². The fourth-order valence-electron chi connectivity index (χ4n) is 2.21. The average Bonchev–Trinajstić information content (AvgIpc) is 2.88. The molecule has 120 valence electrons. The van der Waals surface area contributed by atoms with Crippen molar-refractivity contribution in [2.45, 2.75) is 46.6 Å². The van der Waals surface area contributed by atoms with Gasteiger partial charge in [0.2, 0.25) is 5.82 Å². The molecule has 7 nitrogen and oxygen atoms in total. The third-order valence-electron chi connectivity index (χ3n) is 4.10. The van der Waals surface area contributed by atoms with Crippen molar-refractivity contribution in [2.24, 2.45) is 5.92 Å². The predicted molar refractivity (Wildman–Crippen MR) is 82.7 cm³/mol. The Morgan fingerprint density at radius 3 is 2.77 bits per heavy atom. The zero-order valence-corrected chi connectivity index (χ0v) is 13.7. The third-order valence-corrected chi connectivity index (χ3v) is 4.10. The second-order valence-corrected chi connectivity index (χ2v) is 6.04. The van der Waals surface area contributed by atoms with E-state index in [9.17, 15) is 9.90 Å². The number of nitrogens with zero attached hydrogens (tertiary/aromatic N) is 4. The van der Waals surface area contributed by atoms with Gasteiger partial charge in [-0.25, -0.2) is 9.50 Å². The van der Waals surface area contributed by atoms with Gasteiger partial charge in [-0.2, -0.15) is 4.98 Å². The van der Waals surface area contributed by atoms with Gasteiger partial charge in [0.25, 0.3) is 11.7 Å². The molecule has 0 spiro atoms. The highest BCUT2D eigenvalue weighted by Crippen LogP contribution is 2.18. The number of carbonyl (C=O) groups is 1. The van der Waals surface area contributed by atoms with Gasteiger partial charge >= 0.3 is 0 Å². The molecular formula is C15H23N5O2. The van der Waals surface area contributed by atoms with Crippen LogP contribution in [-0.2, 0) is 0 Å². The summed E-state index contributed by atoms with van der Waals surface area (Å²) < 4.78 is 1.54. The molecule has 0 aliphatic rings. The maximum atomic E-state index is 12.2. The molecule has 2 heterocycles. The second-order valence-electron chi connectivity index (χ2n) is 6.04. The monoisotopic (exact) mass is 305 g/mol. The predicted octanol–water partition coefficient (Wildman–Crippen LogP) is 1.27. The third kappa shape index (κ3) is 3.24. The largest absolute Gasteiger partial charge is 0.388 e. The van der Waals surface area contributed by atoms with Crippen LogP contribution in [-0.4, -0.2) is 42.7 Å². The highest BCUT2D eigenvalue weighted by atomic mass is 16.3. The van der Waals surface area contributed by atoms with Crippen molar-refractivity contribution in [1.82, 2.24) is 24.9 Å². The van der Waals surface area contributed by atoms with Gasteiger partial charge < -0.3 is 10.4 Å². The molecular weight excluding hydrogens is 282 g/mol. The number of amides is 1. The Balaban J connectivity index is 2.15. The van der Waals surface area contributed by atoms with Crippen molar-refractivity contribution in [3.63, 3.8) is 0 Å². The van der Waals surface area contributed by atoms with Crippen molar-refractivity contribution in [3.05, 3.63) is 23.3 Å². The quantitative estimate of drug-likeness (QED) is 0.868. The molecule has 2 N–H and O–H groups in total. The Morgan fingerprint density at radius 2 is 2.14 bits per heavy atom. The molecule has 2 aromatic heterocycles. The zero-order valence-electron chi connectivity index (χ0n) is 13.7. The molecule has 2 atom stereocenters. The maximum absolute atomic E-state index is 12.2. The minimum atomic E-state index is -0.964. The van der Waals surface area contributed by atoms with Crippen molar-refractivity contribution < 1.29 is 9.90 Å². The van der Waals surface area contributed by atoms with E-state index in [0.29, 0.717) is 5.78 Å². The summed E-state index contributed by atoms with van der Waals surface area (Å²) in [5, 5.41) is 17.2. The summed E-state index contributed by atoms with van der Waals surface area (Å²) in [6.07, 6.45) is 0.831. The highest BCUT2D eigenvalue weighted by Gasteiger charge is 2.28. The summed E-state index contributed by atoms with van der Waals surface area (Å²) in [5.74, 6) is 0.122. The normalized spacial score (nSPS) is 15.5. The van der Waals surface area contributed by atoms with Crippen molar-refractivity contribution in [3.8, 4) is 0 Å².